The fourth-order valence-electron chi connectivity index (χ4n) is 1.79. The summed E-state index contributed by atoms with van der Waals surface area (Å²) < 4.78 is 43.0. The summed E-state index contributed by atoms with van der Waals surface area (Å²) in [5.74, 6) is 0.317. The second-order valence-corrected chi connectivity index (χ2v) is 4.67. The normalized spacial score (nSPS) is 13.3. The van der Waals surface area contributed by atoms with Crippen molar-refractivity contribution in [2.24, 2.45) is 0 Å². The zero-order chi connectivity index (χ0) is 14.5. The lowest BCUT2D eigenvalue weighted by Gasteiger charge is -2.17. The van der Waals surface area contributed by atoms with Crippen LogP contribution >= 0.6 is 0 Å². The highest BCUT2D eigenvalue weighted by Crippen LogP contribution is 2.34. The van der Waals surface area contributed by atoms with Crippen molar-refractivity contribution in [3.05, 3.63) is 23.8 Å². The molecule has 1 aromatic carbocycles. The Kier molecular flexibility index (Phi) is 5.51. The molecule has 0 saturated carbocycles. The molecular formula is C14H20F3NO. The van der Waals surface area contributed by atoms with E-state index in [2.05, 4.69) is 6.92 Å². The average Bonchev–Trinajstić information content (AvgIpc) is 2.31. The topological polar surface area (TPSA) is 35.2 Å². The molecule has 1 rings (SSSR count). The highest BCUT2D eigenvalue weighted by molar-refractivity contribution is 5.54. The highest BCUT2D eigenvalue weighted by atomic mass is 19.4. The first-order valence-corrected chi connectivity index (χ1v) is 6.48. The van der Waals surface area contributed by atoms with Gasteiger partial charge in [-0.1, -0.05) is 19.8 Å². The summed E-state index contributed by atoms with van der Waals surface area (Å²) in [6.07, 6.45) is -0.275. The molecule has 0 unspecified atom stereocenters. The lowest BCUT2D eigenvalue weighted by molar-refractivity contribution is -0.137. The van der Waals surface area contributed by atoms with Crippen molar-refractivity contribution in [3.63, 3.8) is 0 Å². The lowest BCUT2D eigenvalue weighted by Crippen LogP contribution is -2.13. The summed E-state index contributed by atoms with van der Waals surface area (Å²) in [5.41, 5.74) is 4.87. The fraction of sp³-hybridized carbons (Fsp3) is 0.571. The number of hydrogen-bond donors (Lipinski definition) is 1. The van der Waals surface area contributed by atoms with Crippen molar-refractivity contribution in [1.82, 2.24) is 0 Å². The Morgan fingerprint density at radius 3 is 2.47 bits per heavy atom. The molecule has 108 valence electrons. The van der Waals surface area contributed by atoms with E-state index < -0.39 is 11.7 Å². The van der Waals surface area contributed by atoms with Crippen molar-refractivity contribution in [2.75, 3.05) is 5.73 Å². The van der Waals surface area contributed by atoms with E-state index in [0.717, 1.165) is 37.8 Å². The maximum Gasteiger partial charge on any atom is 0.416 e. The van der Waals surface area contributed by atoms with Gasteiger partial charge in [0.15, 0.2) is 0 Å². The van der Waals surface area contributed by atoms with Crippen molar-refractivity contribution in [2.45, 2.75) is 51.8 Å². The quantitative estimate of drug-likeness (QED) is 0.606. The van der Waals surface area contributed by atoms with Crippen LogP contribution in [0, 0.1) is 0 Å². The van der Waals surface area contributed by atoms with Crippen molar-refractivity contribution < 1.29 is 17.9 Å². The first kappa shape index (κ1) is 15.7. The van der Waals surface area contributed by atoms with Crippen molar-refractivity contribution in [1.29, 1.82) is 0 Å². The second-order valence-electron chi connectivity index (χ2n) is 4.67. The van der Waals surface area contributed by atoms with Crippen LogP contribution in [0.1, 0.15) is 45.1 Å². The van der Waals surface area contributed by atoms with Crippen LogP contribution < -0.4 is 10.5 Å². The van der Waals surface area contributed by atoms with E-state index in [1.807, 2.05) is 6.92 Å². The van der Waals surface area contributed by atoms with E-state index in [9.17, 15) is 13.2 Å². The zero-order valence-corrected chi connectivity index (χ0v) is 11.3. The third-order valence-corrected chi connectivity index (χ3v) is 2.88. The maximum absolute atomic E-state index is 12.5. The number of nitrogen functional groups attached to an aromatic ring is 1. The Morgan fingerprint density at radius 1 is 1.26 bits per heavy atom. The Labute approximate surface area is 111 Å². The molecule has 0 aliphatic rings. The predicted octanol–water partition coefficient (Wildman–Crippen LogP) is 4.64. The van der Waals surface area contributed by atoms with Crippen molar-refractivity contribution in [3.8, 4) is 5.75 Å². The summed E-state index contributed by atoms with van der Waals surface area (Å²) >= 11 is 0. The van der Waals surface area contributed by atoms with Crippen molar-refractivity contribution >= 4 is 5.69 Å². The van der Waals surface area contributed by atoms with Gasteiger partial charge in [-0.15, -0.1) is 0 Å². The third kappa shape index (κ3) is 5.01. The van der Waals surface area contributed by atoms with E-state index >= 15 is 0 Å². The number of ether oxygens (including phenoxy) is 1. The minimum absolute atomic E-state index is 0.0252. The number of nitrogens with two attached hydrogens (primary N) is 1. The molecule has 2 N–H and O–H groups in total. The third-order valence-electron chi connectivity index (χ3n) is 2.88. The highest BCUT2D eigenvalue weighted by Gasteiger charge is 2.31. The number of benzene rings is 1. The Hall–Kier alpha value is -1.39. The number of rotatable bonds is 6. The molecular weight excluding hydrogens is 255 g/mol. The van der Waals surface area contributed by atoms with Crippen LogP contribution in [-0.4, -0.2) is 6.10 Å². The van der Waals surface area contributed by atoms with Crippen LogP contribution in [0.2, 0.25) is 0 Å². The van der Waals surface area contributed by atoms with Gasteiger partial charge in [0.1, 0.15) is 5.75 Å². The zero-order valence-electron chi connectivity index (χ0n) is 11.3. The molecule has 0 radical (unpaired) electrons. The minimum Gasteiger partial charge on any atom is -0.489 e. The lowest BCUT2D eigenvalue weighted by atomic mass is 10.1. The average molecular weight is 275 g/mol. The van der Waals surface area contributed by atoms with Crippen LogP contribution in [0.3, 0.4) is 0 Å². The second kappa shape index (κ2) is 6.68. The molecule has 0 heterocycles. The molecule has 2 nitrogen and oxygen atoms in total. The Morgan fingerprint density at radius 2 is 1.95 bits per heavy atom. The molecule has 19 heavy (non-hydrogen) atoms. The number of alkyl halides is 3. The van der Waals surface area contributed by atoms with E-state index in [1.165, 1.54) is 6.07 Å². The summed E-state index contributed by atoms with van der Waals surface area (Å²) in [6.45, 7) is 4.01. The largest absolute Gasteiger partial charge is 0.489 e. The molecule has 0 amide bonds. The summed E-state index contributed by atoms with van der Waals surface area (Å²) in [4.78, 5) is 0. The van der Waals surface area contributed by atoms with Crippen LogP contribution in [0.5, 0.6) is 5.75 Å². The number of hydrogen-bond acceptors (Lipinski definition) is 2. The van der Waals surface area contributed by atoms with E-state index in [4.69, 9.17) is 10.5 Å². The minimum atomic E-state index is -4.38. The SMILES string of the molecule is CCCCC[C@@H](C)Oc1ccc(C(F)(F)F)cc1N. The van der Waals surface area contributed by atoms with E-state index in [0.29, 0.717) is 5.75 Å². The number of halogens is 3. The van der Waals surface area contributed by atoms with Gasteiger partial charge in [0.2, 0.25) is 0 Å². The van der Waals surface area contributed by atoms with Gasteiger partial charge < -0.3 is 10.5 Å². The summed E-state index contributed by atoms with van der Waals surface area (Å²) in [5, 5.41) is 0. The van der Waals surface area contributed by atoms with Crippen LogP contribution in [-0.2, 0) is 6.18 Å². The van der Waals surface area contributed by atoms with Gasteiger partial charge in [0, 0.05) is 0 Å². The van der Waals surface area contributed by atoms with Gasteiger partial charge in [0.25, 0.3) is 0 Å². The number of anilines is 1. The maximum atomic E-state index is 12.5. The van der Waals surface area contributed by atoms with Gasteiger partial charge in [-0.2, -0.15) is 13.2 Å². The number of unbranched alkanes of at least 4 members (excludes halogenated alkanes) is 2. The Balaban J connectivity index is 2.65. The monoisotopic (exact) mass is 275 g/mol. The van der Waals surface area contributed by atoms with Gasteiger partial charge >= 0.3 is 6.18 Å². The standard InChI is InChI=1S/C14H20F3NO/c1-3-4-5-6-10(2)19-13-8-7-11(9-12(13)18)14(15,16)17/h7-10H,3-6,18H2,1-2H3/t10-/m1/s1. The molecule has 0 saturated heterocycles. The molecule has 0 bridgehead atoms. The molecule has 0 fully saturated rings. The molecule has 1 aromatic rings. The predicted molar refractivity (Wildman–Crippen MR) is 70.1 cm³/mol. The first-order chi connectivity index (χ1) is 8.84. The van der Waals surface area contributed by atoms with Gasteiger partial charge in [-0.25, -0.2) is 0 Å². The molecule has 0 aliphatic heterocycles. The molecule has 1 atom stereocenters. The van der Waals surface area contributed by atoms with E-state index in [-0.39, 0.29) is 11.8 Å². The molecule has 0 spiro atoms. The first-order valence-electron chi connectivity index (χ1n) is 6.48. The smallest absolute Gasteiger partial charge is 0.416 e. The summed E-state index contributed by atoms with van der Waals surface area (Å²) in [6, 6.07) is 3.19. The van der Waals surface area contributed by atoms with Gasteiger partial charge in [-0.3, -0.25) is 0 Å². The molecule has 0 aromatic heterocycles. The van der Waals surface area contributed by atoms with Crippen LogP contribution in [0.25, 0.3) is 0 Å². The van der Waals surface area contributed by atoms with Gasteiger partial charge in [-0.05, 0) is 38.0 Å². The summed E-state index contributed by atoms with van der Waals surface area (Å²) in [7, 11) is 0. The fourth-order valence-corrected chi connectivity index (χ4v) is 1.79. The molecule has 0 aliphatic carbocycles. The molecule has 5 heteroatoms. The van der Waals surface area contributed by atoms with E-state index in [1.54, 1.807) is 0 Å². The van der Waals surface area contributed by atoms with Crippen LogP contribution in [0.4, 0.5) is 18.9 Å². The van der Waals surface area contributed by atoms with Crippen LogP contribution in [0.15, 0.2) is 18.2 Å². The Bertz CT molecular complexity index is 404. The van der Waals surface area contributed by atoms with Gasteiger partial charge in [0.05, 0.1) is 17.4 Å².